The van der Waals surface area contributed by atoms with E-state index in [1.807, 2.05) is 36.4 Å². The Morgan fingerprint density at radius 2 is 1.36 bits per heavy atom. The van der Waals surface area contributed by atoms with Crippen molar-refractivity contribution in [3.63, 3.8) is 0 Å². The summed E-state index contributed by atoms with van der Waals surface area (Å²) in [6.07, 6.45) is 2.44. The van der Waals surface area contributed by atoms with Gasteiger partial charge in [-0.1, -0.05) is 79.0 Å². The summed E-state index contributed by atoms with van der Waals surface area (Å²) in [5.74, 6) is 0.0977. The number of nitrogens with zero attached hydrogens (tertiary/aromatic N) is 1. The van der Waals surface area contributed by atoms with E-state index in [2.05, 4.69) is 55.4 Å². The topological polar surface area (TPSA) is 46.6 Å². The average molecular weight is 631 g/mol. The largest absolute Gasteiger partial charge is 0.486 e. The summed E-state index contributed by atoms with van der Waals surface area (Å²) in [5.41, 5.74) is 4.96. The molecule has 0 saturated heterocycles. The molecule has 5 rings (SSSR count). The predicted molar refractivity (Wildman–Crippen MR) is 160 cm³/mol. The standard InChI is InChI=1S/C32H34BrCl2NO3/c1-6-36-23-13-31(2,3)15-25(37)28(23)27(29-24(36)14-32(4,5)16-26(29)38)19-11-21(34)30(22(35)12-19)39-17-18-7-9-20(33)10-8-18/h7-12,27H,6,13-17H2,1-5H3. The van der Waals surface area contributed by atoms with Crippen molar-refractivity contribution in [2.45, 2.75) is 72.8 Å². The van der Waals surface area contributed by atoms with Crippen LogP contribution in [0, 0.1) is 10.8 Å². The number of Topliss-reactive ketones (excluding diaryl/α,β-unsaturated/α-hetero) is 2. The minimum Gasteiger partial charge on any atom is -0.486 e. The van der Waals surface area contributed by atoms with Crippen LogP contribution in [0.15, 0.2) is 63.4 Å². The maximum atomic E-state index is 13.8. The maximum absolute atomic E-state index is 13.8. The van der Waals surface area contributed by atoms with Gasteiger partial charge in [-0.3, -0.25) is 9.59 Å². The quantitative estimate of drug-likeness (QED) is 0.331. The summed E-state index contributed by atoms with van der Waals surface area (Å²) >= 11 is 17.0. The minimum absolute atomic E-state index is 0.0942. The van der Waals surface area contributed by atoms with Crippen molar-refractivity contribution in [2.75, 3.05) is 6.54 Å². The molecule has 0 amide bonds. The normalized spacial score (nSPS) is 20.8. The zero-order valence-electron chi connectivity index (χ0n) is 23.1. The third kappa shape index (κ3) is 5.47. The molecule has 0 saturated carbocycles. The first-order valence-corrected chi connectivity index (χ1v) is 15.0. The highest BCUT2D eigenvalue weighted by atomic mass is 79.9. The monoisotopic (exact) mass is 629 g/mol. The van der Waals surface area contributed by atoms with Crippen LogP contribution in [-0.2, 0) is 16.2 Å². The Morgan fingerprint density at radius 3 is 1.82 bits per heavy atom. The van der Waals surface area contributed by atoms with Crippen LogP contribution in [-0.4, -0.2) is 23.0 Å². The first kappa shape index (κ1) is 28.4. The van der Waals surface area contributed by atoms with E-state index in [0.29, 0.717) is 41.8 Å². The zero-order valence-corrected chi connectivity index (χ0v) is 26.2. The average Bonchev–Trinajstić information content (AvgIpc) is 2.82. The Balaban J connectivity index is 1.61. The highest BCUT2D eigenvalue weighted by Gasteiger charge is 2.48. The summed E-state index contributed by atoms with van der Waals surface area (Å²) in [4.78, 5) is 29.9. The molecule has 0 unspecified atom stereocenters. The molecule has 1 aliphatic heterocycles. The van der Waals surface area contributed by atoms with E-state index < -0.39 is 5.92 Å². The first-order chi connectivity index (χ1) is 18.3. The lowest BCUT2D eigenvalue weighted by molar-refractivity contribution is -0.119. The lowest BCUT2D eigenvalue weighted by Crippen LogP contribution is -2.44. The molecule has 2 aliphatic carbocycles. The molecular weight excluding hydrogens is 597 g/mol. The van der Waals surface area contributed by atoms with Crippen LogP contribution in [0.4, 0.5) is 0 Å². The Kier molecular flexibility index (Phi) is 7.58. The molecule has 0 fully saturated rings. The van der Waals surface area contributed by atoms with E-state index in [-0.39, 0.29) is 22.4 Å². The van der Waals surface area contributed by atoms with E-state index in [1.54, 1.807) is 0 Å². The van der Waals surface area contributed by atoms with Gasteiger partial charge < -0.3 is 9.64 Å². The number of allylic oxidation sites excluding steroid dienone is 4. The first-order valence-electron chi connectivity index (χ1n) is 13.5. The SMILES string of the molecule is CCN1C2=C(C(=O)CC(C)(C)C2)C(c2cc(Cl)c(OCc3ccc(Br)cc3)c(Cl)c2)C2=C1CC(C)(C)CC2=O. The van der Waals surface area contributed by atoms with Crippen molar-refractivity contribution in [2.24, 2.45) is 10.8 Å². The second kappa shape index (κ2) is 10.4. The van der Waals surface area contributed by atoms with Crippen molar-refractivity contribution in [1.82, 2.24) is 4.90 Å². The van der Waals surface area contributed by atoms with Gasteiger partial charge in [-0.05, 0) is 66.0 Å². The number of ketones is 2. The van der Waals surface area contributed by atoms with Gasteiger partial charge >= 0.3 is 0 Å². The van der Waals surface area contributed by atoms with E-state index in [1.165, 1.54) is 0 Å². The van der Waals surface area contributed by atoms with Gasteiger partial charge in [-0.2, -0.15) is 0 Å². The fourth-order valence-corrected chi connectivity index (χ4v) is 7.26. The number of benzene rings is 2. The Bertz CT molecular complexity index is 1340. The number of carbonyl (C=O) groups excluding carboxylic acids is 2. The van der Waals surface area contributed by atoms with Crippen molar-refractivity contribution < 1.29 is 14.3 Å². The minimum atomic E-state index is -0.486. The molecule has 4 nitrogen and oxygen atoms in total. The number of rotatable bonds is 5. The number of hydrogen-bond acceptors (Lipinski definition) is 4. The van der Waals surface area contributed by atoms with Crippen LogP contribution in [0.1, 0.15) is 77.3 Å². The number of ether oxygens (including phenoxy) is 1. The summed E-state index contributed by atoms with van der Waals surface area (Å²) in [6, 6.07) is 11.5. The lowest BCUT2D eigenvalue weighted by atomic mass is 9.63. The Hall–Kier alpha value is -2.08. The van der Waals surface area contributed by atoms with E-state index in [4.69, 9.17) is 27.9 Å². The highest BCUT2D eigenvalue weighted by molar-refractivity contribution is 9.10. The van der Waals surface area contributed by atoms with Gasteiger partial charge in [0.25, 0.3) is 0 Å². The smallest absolute Gasteiger partial charge is 0.162 e. The maximum Gasteiger partial charge on any atom is 0.162 e. The fourth-order valence-electron chi connectivity index (χ4n) is 6.38. The molecule has 206 valence electrons. The van der Waals surface area contributed by atoms with E-state index in [9.17, 15) is 9.59 Å². The molecule has 0 spiro atoms. The molecule has 0 radical (unpaired) electrons. The molecule has 0 atom stereocenters. The summed E-state index contributed by atoms with van der Waals surface area (Å²) in [5, 5.41) is 0.730. The summed E-state index contributed by atoms with van der Waals surface area (Å²) in [7, 11) is 0. The zero-order chi connectivity index (χ0) is 28.3. The number of hydrogen-bond donors (Lipinski definition) is 0. The molecule has 7 heteroatoms. The van der Waals surface area contributed by atoms with Gasteiger partial charge in [0.15, 0.2) is 17.3 Å². The molecular formula is C32H34BrCl2NO3. The van der Waals surface area contributed by atoms with Crippen LogP contribution in [0.25, 0.3) is 0 Å². The third-order valence-electron chi connectivity index (χ3n) is 7.99. The van der Waals surface area contributed by atoms with Crippen LogP contribution in [0.5, 0.6) is 5.75 Å². The molecule has 2 aromatic carbocycles. The molecule has 3 aliphatic rings. The number of halogens is 3. The van der Waals surface area contributed by atoms with Gasteiger partial charge in [0, 0.05) is 52.3 Å². The van der Waals surface area contributed by atoms with Crippen molar-refractivity contribution in [3.05, 3.63) is 84.6 Å². The second-order valence-corrected chi connectivity index (χ2v) is 14.2. The molecule has 39 heavy (non-hydrogen) atoms. The van der Waals surface area contributed by atoms with Crippen molar-refractivity contribution in [1.29, 1.82) is 0 Å². The van der Waals surface area contributed by atoms with E-state index >= 15 is 0 Å². The predicted octanol–water partition coefficient (Wildman–Crippen LogP) is 9.04. The second-order valence-electron chi connectivity index (χ2n) is 12.5. The molecule has 1 heterocycles. The highest BCUT2D eigenvalue weighted by Crippen LogP contribution is 2.55. The van der Waals surface area contributed by atoms with Crippen LogP contribution in [0.2, 0.25) is 10.0 Å². The molecule has 0 aromatic heterocycles. The Morgan fingerprint density at radius 1 is 0.872 bits per heavy atom. The van der Waals surface area contributed by atoms with Gasteiger partial charge in [0.2, 0.25) is 0 Å². The summed E-state index contributed by atoms with van der Waals surface area (Å²) in [6.45, 7) is 11.7. The Labute approximate surface area is 249 Å². The van der Waals surface area contributed by atoms with Gasteiger partial charge in [-0.25, -0.2) is 0 Å². The van der Waals surface area contributed by atoms with Gasteiger partial charge in [0.1, 0.15) is 6.61 Å². The van der Waals surface area contributed by atoms with Gasteiger partial charge in [-0.15, -0.1) is 0 Å². The lowest BCUT2D eigenvalue weighted by Gasteiger charge is -2.49. The molecule has 0 N–H and O–H groups in total. The third-order valence-corrected chi connectivity index (χ3v) is 9.08. The molecule has 2 aromatic rings. The van der Waals surface area contributed by atoms with Crippen LogP contribution >= 0.6 is 39.1 Å². The van der Waals surface area contributed by atoms with Crippen LogP contribution < -0.4 is 4.74 Å². The van der Waals surface area contributed by atoms with Crippen LogP contribution in [0.3, 0.4) is 0 Å². The summed E-state index contributed by atoms with van der Waals surface area (Å²) < 4.78 is 7.03. The van der Waals surface area contributed by atoms with Gasteiger partial charge in [0.05, 0.1) is 10.0 Å². The number of carbonyl (C=O) groups is 2. The van der Waals surface area contributed by atoms with Crippen molar-refractivity contribution in [3.8, 4) is 5.75 Å². The fraction of sp³-hybridized carbons (Fsp3) is 0.438. The van der Waals surface area contributed by atoms with Crippen molar-refractivity contribution >= 4 is 50.7 Å². The molecule has 0 bridgehead atoms. The van der Waals surface area contributed by atoms with E-state index in [0.717, 1.165) is 51.0 Å².